The van der Waals surface area contributed by atoms with Gasteiger partial charge in [-0.2, -0.15) is 57.1 Å². The smallest absolute Gasteiger partial charge is 0.381 e. The van der Waals surface area contributed by atoms with Gasteiger partial charge in [0.05, 0.1) is 12.5 Å². The lowest BCUT2D eigenvalue weighted by Gasteiger charge is -2.39. The monoisotopic (exact) mass is 528 g/mol. The van der Waals surface area contributed by atoms with E-state index in [1.165, 1.54) is 11.9 Å². The number of halogens is 13. The number of nitrogens with one attached hydrogen (secondary N) is 1. The summed E-state index contributed by atoms with van der Waals surface area (Å²) in [6.45, 7) is -0.942. The van der Waals surface area contributed by atoms with Crippen molar-refractivity contribution in [2.75, 3.05) is 32.6 Å². The van der Waals surface area contributed by atoms with Gasteiger partial charge in [-0.05, 0) is 13.5 Å². The molecule has 0 aromatic carbocycles. The van der Waals surface area contributed by atoms with Gasteiger partial charge in [0, 0.05) is 19.5 Å². The second kappa shape index (κ2) is 9.65. The molecule has 0 bridgehead atoms. The van der Waals surface area contributed by atoms with E-state index < -0.39 is 71.3 Å². The molecule has 32 heavy (non-hydrogen) atoms. The third-order valence-corrected chi connectivity index (χ3v) is 5.35. The molecule has 0 rings (SSSR count). The third-order valence-electron chi connectivity index (χ3n) is 3.96. The second-order valence-electron chi connectivity index (χ2n) is 6.54. The Balaban J connectivity index is 5.55. The molecule has 5 nitrogen and oxygen atoms in total. The van der Waals surface area contributed by atoms with Crippen LogP contribution in [0.25, 0.3) is 0 Å². The Kier molecular flexibility index (Phi) is 9.33. The van der Waals surface area contributed by atoms with Crippen molar-refractivity contribution in [3.05, 3.63) is 0 Å². The van der Waals surface area contributed by atoms with Gasteiger partial charge in [-0.15, -0.1) is 0 Å². The molecule has 0 fully saturated rings. The molecule has 2 N–H and O–H groups in total. The van der Waals surface area contributed by atoms with E-state index in [0.717, 1.165) is 0 Å². The average molecular weight is 528 g/mol. The summed E-state index contributed by atoms with van der Waals surface area (Å²) in [6, 6.07) is 0. The molecule has 0 spiro atoms. The number of nitrogens with zero attached hydrogens (tertiary/aromatic N) is 1. The number of aliphatic hydroxyl groups is 1. The number of sulfonamides is 1. The molecule has 0 unspecified atom stereocenters. The lowest BCUT2D eigenvalue weighted by atomic mass is 9.93. The first-order valence-corrected chi connectivity index (χ1v) is 9.79. The van der Waals surface area contributed by atoms with Gasteiger partial charge in [0.2, 0.25) is 10.0 Å². The van der Waals surface area contributed by atoms with Crippen molar-refractivity contribution in [2.45, 2.75) is 48.6 Å². The van der Waals surface area contributed by atoms with E-state index >= 15 is 0 Å². The highest BCUT2D eigenvalue weighted by Gasteiger charge is 2.90. The molecule has 0 saturated carbocycles. The fourth-order valence-corrected chi connectivity index (χ4v) is 3.07. The first kappa shape index (κ1) is 30.9. The summed E-state index contributed by atoms with van der Waals surface area (Å²) in [4.78, 5) is 1.24. The van der Waals surface area contributed by atoms with Crippen molar-refractivity contribution < 1.29 is 70.6 Å². The van der Waals surface area contributed by atoms with E-state index in [0.29, 0.717) is 0 Å². The maximum atomic E-state index is 13.6. The maximum absolute atomic E-state index is 13.6. The first-order valence-electron chi connectivity index (χ1n) is 8.14. The average Bonchev–Trinajstić information content (AvgIpc) is 2.62. The molecule has 0 atom stereocenters. The standard InChI is InChI=1S/C13H17F13N2O3S/c1-28(7-29)5-2-4-27-32(30,31)6-3-8(14,15)9(16,17)10(18,19)11(20,21)12(22,23)13(24,25)26/h27,29H,2-7H2,1H3. The number of hydrogen-bond donors (Lipinski definition) is 2. The van der Waals surface area contributed by atoms with Crippen molar-refractivity contribution >= 4 is 10.0 Å². The van der Waals surface area contributed by atoms with Gasteiger partial charge < -0.3 is 5.11 Å². The highest BCUT2D eigenvalue weighted by atomic mass is 32.2. The van der Waals surface area contributed by atoms with Crippen LogP contribution in [0.1, 0.15) is 12.8 Å². The topological polar surface area (TPSA) is 69.6 Å². The van der Waals surface area contributed by atoms with Crippen molar-refractivity contribution in [2.24, 2.45) is 0 Å². The largest absolute Gasteiger partial charge is 0.460 e. The van der Waals surface area contributed by atoms with Gasteiger partial charge in [0.25, 0.3) is 0 Å². The van der Waals surface area contributed by atoms with E-state index in [2.05, 4.69) is 0 Å². The summed E-state index contributed by atoms with van der Waals surface area (Å²) in [6.07, 6.45) is -10.4. The van der Waals surface area contributed by atoms with Crippen LogP contribution in [0.4, 0.5) is 57.1 Å². The summed E-state index contributed by atoms with van der Waals surface area (Å²) in [5, 5.41) is 8.67. The summed E-state index contributed by atoms with van der Waals surface area (Å²) in [5.74, 6) is -39.9. The number of alkyl halides is 13. The molecule has 194 valence electrons. The van der Waals surface area contributed by atoms with E-state index in [9.17, 15) is 65.5 Å². The Morgan fingerprint density at radius 2 is 1.22 bits per heavy atom. The van der Waals surface area contributed by atoms with E-state index in [1.54, 1.807) is 4.72 Å². The fraction of sp³-hybridized carbons (Fsp3) is 1.00. The van der Waals surface area contributed by atoms with Crippen molar-refractivity contribution in [3.63, 3.8) is 0 Å². The minimum absolute atomic E-state index is 0.0436. The zero-order chi connectivity index (χ0) is 26.0. The van der Waals surface area contributed by atoms with E-state index in [-0.39, 0.29) is 13.0 Å². The molecular formula is C13H17F13N2O3S. The maximum Gasteiger partial charge on any atom is 0.460 e. The van der Waals surface area contributed by atoms with Crippen LogP contribution >= 0.6 is 0 Å². The van der Waals surface area contributed by atoms with Crippen LogP contribution in [-0.4, -0.2) is 86.8 Å². The first-order chi connectivity index (χ1) is 13.9. The van der Waals surface area contributed by atoms with Gasteiger partial charge in [0.15, 0.2) is 0 Å². The fourth-order valence-electron chi connectivity index (χ4n) is 1.94. The number of hydrogen-bond acceptors (Lipinski definition) is 4. The molecular weight excluding hydrogens is 511 g/mol. The van der Waals surface area contributed by atoms with Gasteiger partial charge in [-0.3, -0.25) is 4.90 Å². The Morgan fingerprint density at radius 1 is 0.781 bits per heavy atom. The number of rotatable bonds is 13. The van der Waals surface area contributed by atoms with Gasteiger partial charge in [-0.25, -0.2) is 13.1 Å². The van der Waals surface area contributed by atoms with Crippen LogP contribution in [0.5, 0.6) is 0 Å². The van der Waals surface area contributed by atoms with Gasteiger partial charge in [0.1, 0.15) is 0 Å². The third kappa shape index (κ3) is 6.07. The molecule has 0 aliphatic carbocycles. The minimum Gasteiger partial charge on any atom is -0.381 e. The van der Waals surface area contributed by atoms with Crippen LogP contribution in [0.2, 0.25) is 0 Å². The summed E-state index contributed by atoms with van der Waals surface area (Å²) < 4.78 is 193. The van der Waals surface area contributed by atoms with Crippen LogP contribution in [-0.2, 0) is 10.0 Å². The Morgan fingerprint density at radius 3 is 1.62 bits per heavy atom. The predicted molar refractivity (Wildman–Crippen MR) is 81.5 cm³/mol. The Bertz CT molecular complexity index is 725. The molecule has 0 saturated heterocycles. The quantitative estimate of drug-likeness (QED) is 0.219. The highest BCUT2D eigenvalue weighted by molar-refractivity contribution is 7.89. The van der Waals surface area contributed by atoms with E-state index in [1.807, 2.05) is 0 Å². The molecule has 0 radical (unpaired) electrons. The molecule has 19 heteroatoms. The lowest BCUT2D eigenvalue weighted by Crippen LogP contribution is -2.70. The molecule has 0 aromatic heterocycles. The SMILES string of the molecule is CN(CO)CCCNS(=O)(=O)CCC(F)(F)C(F)(F)C(F)(F)C(F)(F)C(F)(F)C(F)(F)F. The Hall–Kier alpha value is -1.08. The highest BCUT2D eigenvalue weighted by Crippen LogP contribution is 2.60. The lowest BCUT2D eigenvalue weighted by molar-refractivity contribution is -0.439. The van der Waals surface area contributed by atoms with Crippen molar-refractivity contribution in [1.82, 2.24) is 9.62 Å². The van der Waals surface area contributed by atoms with Crippen LogP contribution in [0, 0.1) is 0 Å². The summed E-state index contributed by atoms with van der Waals surface area (Å²) in [7, 11) is -3.55. The molecule has 0 aliphatic heterocycles. The van der Waals surface area contributed by atoms with Gasteiger partial charge >= 0.3 is 35.8 Å². The van der Waals surface area contributed by atoms with Crippen LogP contribution in [0.15, 0.2) is 0 Å². The summed E-state index contributed by atoms with van der Waals surface area (Å²) >= 11 is 0. The van der Waals surface area contributed by atoms with Crippen molar-refractivity contribution in [3.8, 4) is 0 Å². The Labute approximate surface area is 172 Å². The second-order valence-corrected chi connectivity index (χ2v) is 8.46. The van der Waals surface area contributed by atoms with Crippen LogP contribution in [0.3, 0.4) is 0 Å². The zero-order valence-electron chi connectivity index (χ0n) is 15.8. The number of aliphatic hydroxyl groups excluding tert-OH is 1. The molecule has 0 aromatic rings. The summed E-state index contributed by atoms with van der Waals surface area (Å²) in [5.41, 5.74) is 0. The van der Waals surface area contributed by atoms with Crippen molar-refractivity contribution in [1.29, 1.82) is 0 Å². The normalized spacial score (nSPS) is 15.5. The zero-order valence-corrected chi connectivity index (χ0v) is 16.6. The molecule has 0 heterocycles. The molecule has 0 aliphatic rings. The molecule has 0 amide bonds. The predicted octanol–water partition coefficient (Wildman–Crippen LogP) is 3.31. The minimum atomic E-state index is -8.03. The van der Waals surface area contributed by atoms with Gasteiger partial charge in [-0.1, -0.05) is 0 Å². The van der Waals surface area contributed by atoms with E-state index in [4.69, 9.17) is 5.11 Å². The van der Waals surface area contributed by atoms with Crippen LogP contribution < -0.4 is 4.72 Å².